The molecule has 0 aliphatic heterocycles. The zero-order valence-electron chi connectivity index (χ0n) is 12.0. The number of nitrogens with one attached hydrogen (secondary N) is 2. The minimum Gasteiger partial charge on any atom is -0.481 e. The van der Waals surface area contributed by atoms with E-state index < -0.39 is 5.97 Å². The van der Waals surface area contributed by atoms with E-state index in [-0.39, 0.29) is 19.0 Å². The van der Waals surface area contributed by atoms with Crippen molar-refractivity contribution in [3.63, 3.8) is 0 Å². The molecule has 1 aromatic heterocycles. The summed E-state index contributed by atoms with van der Waals surface area (Å²) in [4.78, 5) is 21.8. The lowest BCUT2D eigenvalue weighted by Gasteiger charge is -2.05. The number of carbonyl (C=O) groups is 2. The van der Waals surface area contributed by atoms with Gasteiger partial charge in [0, 0.05) is 31.4 Å². The van der Waals surface area contributed by atoms with Gasteiger partial charge in [-0.05, 0) is 13.3 Å². The van der Waals surface area contributed by atoms with E-state index >= 15 is 0 Å². The number of hydrogen-bond donors (Lipinski definition) is 3. The molecule has 0 aromatic carbocycles. The van der Waals surface area contributed by atoms with E-state index in [1.165, 1.54) is 0 Å². The Morgan fingerprint density at radius 2 is 2.15 bits per heavy atom. The van der Waals surface area contributed by atoms with Crippen LogP contribution in [-0.2, 0) is 17.9 Å². The molecule has 1 rings (SSSR count). The molecule has 0 unspecified atom stereocenters. The predicted octanol–water partition coefficient (Wildman–Crippen LogP) is 1.27. The smallest absolute Gasteiger partial charge is 0.315 e. The Labute approximate surface area is 118 Å². The number of carboxylic acids is 1. The van der Waals surface area contributed by atoms with Gasteiger partial charge in [0.2, 0.25) is 0 Å². The van der Waals surface area contributed by atoms with E-state index in [2.05, 4.69) is 22.7 Å². The Morgan fingerprint density at radius 1 is 1.40 bits per heavy atom. The van der Waals surface area contributed by atoms with Gasteiger partial charge in [0.05, 0.1) is 12.1 Å². The largest absolute Gasteiger partial charge is 0.481 e. The minimum absolute atomic E-state index is 0.0819. The van der Waals surface area contributed by atoms with Crippen molar-refractivity contribution >= 4 is 12.0 Å². The van der Waals surface area contributed by atoms with Crippen molar-refractivity contribution in [2.24, 2.45) is 0 Å². The van der Waals surface area contributed by atoms with Crippen molar-refractivity contribution in [3.05, 3.63) is 17.5 Å². The van der Waals surface area contributed by atoms with Gasteiger partial charge in [0.1, 0.15) is 0 Å². The normalized spacial score (nSPS) is 10.3. The Hall–Kier alpha value is -2.05. The molecular weight excluding hydrogens is 260 g/mol. The van der Waals surface area contributed by atoms with Crippen LogP contribution in [0, 0.1) is 6.92 Å². The molecule has 0 fully saturated rings. The second-order valence-electron chi connectivity index (χ2n) is 4.61. The SMILES string of the molecule is CCCCn1cc(CNC(=O)NCCC(=O)O)c(C)n1. The number of amides is 2. The van der Waals surface area contributed by atoms with Gasteiger partial charge in [-0.1, -0.05) is 13.3 Å². The third-order valence-electron chi connectivity index (χ3n) is 2.85. The summed E-state index contributed by atoms with van der Waals surface area (Å²) in [7, 11) is 0. The van der Waals surface area contributed by atoms with Gasteiger partial charge >= 0.3 is 12.0 Å². The molecule has 0 aliphatic rings. The van der Waals surface area contributed by atoms with Crippen LogP contribution in [0.3, 0.4) is 0 Å². The fourth-order valence-electron chi connectivity index (χ4n) is 1.69. The van der Waals surface area contributed by atoms with E-state index in [0.29, 0.717) is 6.54 Å². The molecule has 0 aliphatic carbocycles. The Morgan fingerprint density at radius 3 is 2.80 bits per heavy atom. The summed E-state index contributed by atoms with van der Waals surface area (Å²) in [6.07, 6.45) is 4.03. The molecule has 20 heavy (non-hydrogen) atoms. The first-order chi connectivity index (χ1) is 9.52. The van der Waals surface area contributed by atoms with E-state index in [0.717, 1.165) is 30.6 Å². The number of unbranched alkanes of at least 4 members (excludes halogenated alkanes) is 1. The van der Waals surface area contributed by atoms with E-state index in [4.69, 9.17) is 5.11 Å². The van der Waals surface area contributed by atoms with Gasteiger partial charge in [-0.3, -0.25) is 9.48 Å². The topological polar surface area (TPSA) is 96.2 Å². The summed E-state index contributed by atoms with van der Waals surface area (Å²) >= 11 is 0. The molecule has 0 saturated carbocycles. The Balaban J connectivity index is 2.35. The number of aliphatic carboxylic acids is 1. The number of urea groups is 1. The summed E-state index contributed by atoms with van der Waals surface area (Å²) in [5.74, 6) is -0.932. The molecule has 0 saturated heterocycles. The summed E-state index contributed by atoms with van der Waals surface area (Å²) < 4.78 is 1.89. The number of carboxylic acid groups (broad SMARTS) is 1. The molecule has 7 nitrogen and oxygen atoms in total. The van der Waals surface area contributed by atoms with Crippen LogP contribution in [-0.4, -0.2) is 33.4 Å². The van der Waals surface area contributed by atoms with Gasteiger partial charge in [0.15, 0.2) is 0 Å². The fraction of sp³-hybridized carbons (Fsp3) is 0.615. The first-order valence-electron chi connectivity index (χ1n) is 6.79. The molecule has 2 amide bonds. The zero-order valence-corrected chi connectivity index (χ0v) is 12.0. The van der Waals surface area contributed by atoms with Crippen LogP contribution >= 0.6 is 0 Å². The fourth-order valence-corrected chi connectivity index (χ4v) is 1.69. The van der Waals surface area contributed by atoms with Gasteiger partial charge in [-0.2, -0.15) is 5.10 Å². The number of nitrogens with zero attached hydrogens (tertiary/aromatic N) is 2. The van der Waals surface area contributed by atoms with Crippen LogP contribution in [0.25, 0.3) is 0 Å². The van der Waals surface area contributed by atoms with Gasteiger partial charge in [0.25, 0.3) is 0 Å². The third kappa shape index (κ3) is 5.73. The minimum atomic E-state index is -0.932. The van der Waals surface area contributed by atoms with Crippen molar-refractivity contribution in [3.8, 4) is 0 Å². The number of aryl methyl sites for hydroxylation is 2. The monoisotopic (exact) mass is 282 g/mol. The van der Waals surface area contributed by atoms with Crippen molar-refractivity contribution in [2.75, 3.05) is 6.54 Å². The average Bonchev–Trinajstić information content (AvgIpc) is 2.74. The highest BCUT2D eigenvalue weighted by atomic mass is 16.4. The highest BCUT2D eigenvalue weighted by molar-refractivity contribution is 5.74. The quantitative estimate of drug-likeness (QED) is 0.669. The highest BCUT2D eigenvalue weighted by Gasteiger charge is 2.07. The van der Waals surface area contributed by atoms with Crippen LogP contribution in [0.4, 0.5) is 4.79 Å². The molecule has 1 heterocycles. The molecule has 112 valence electrons. The summed E-state index contributed by atoms with van der Waals surface area (Å²) in [6.45, 7) is 5.41. The van der Waals surface area contributed by atoms with Crippen LogP contribution in [0.5, 0.6) is 0 Å². The van der Waals surface area contributed by atoms with E-state index in [1.807, 2.05) is 17.8 Å². The molecular formula is C13H22N4O3. The van der Waals surface area contributed by atoms with Gasteiger partial charge in [-0.15, -0.1) is 0 Å². The highest BCUT2D eigenvalue weighted by Crippen LogP contribution is 2.06. The predicted molar refractivity (Wildman–Crippen MR) is 74.4 cm³/mol. The molecule has 0 atom stereocenters. The number of hydrogen-bond acceptors (Lipinski definition) is 3. The standard InChI is InChI=1S/C13H22N4O3/c1-3-4-7-17-9-11(10(2)16-17)8-15-13(20)14-6-5-12(18)19/h9H,3-8H2,1-2H3,(H,18,19)(H2,14,15,20). The Kier molecular flexibility index (Phi) is 6.55. The van der Waals surface area contributed by atoms with Crippen LogP contribution in [0.15, 0.2) is 6.20 Å². The third-order valence-corrected chi connectivity index (χ3v) is 2.85. The number of rotatable bonds is 8. The molecule has 0 radical (unpaired) electrons. The van der Waals surface area contributed by atoms with Crippen LogP contribution < -0.4 is 10.6 Å². The molecule has 0 bridgehead atoms. The maximum absolute atomic E-state index is 11.4. The number of carbonyl (C=O) groups excluding carboxylic acids is 1. The summed E-state index contributed by atoms with van der Waals surface area (Å²) in [5.41, 5.74) is 1.86. The first-order valence-corrected chi connectivity index (χ1v) is 6.79. The van der Waals surface area contributed by atoms with Gasteiger partial charge < -0.3 is 15.7 Å². The molecule has 3 N–H and O–H groups in total. The number of aromatic nitrogens is 2. The lowest BCUT2D eigenvalue weighted by molar-refractivity contribution is -0.136. The lowest BCUT2D eigenvalue weighted by Crippen LogP contribution is -2.36. The van der Waals surface area contributed by atoms with Crippen LogP contribution in [0.1, 0.15) is 37.4 Å². The van der Waals surface area contributed by atoms with E-state index in [9.17, 15) is 9.59 Å². The second-order valence-corrected chi connectivity index (χ2v) is 4.61. The van der Waals surface area contributed by atoms with Crippen molar-refractivity contribution in [1.29, 1.82) is 0 Å². The van der Waals surface area contributed by atoms with Crippen molar-refractivity contribution in [2.45, 2.75) is 46.2 Å². The van der Waals surface area contributed by atoms with Crippen molar-refractivity contribution in [1.82, 2.24) is 20.4 Å². The summed E-state index contributed by atoms with van der Waals surface area (Å²) in [6, 6.07) is -0.369. The maximum Gasteiger partial charge on any atom is 0.315 e. The van der Waals surface area contributed by atoms with Crippen molar-refractivity contribution < 1.29 is 14.7 Å². The lowest BCUT2D eigenvalue weighted by atomic mass is 10.2. The first kappa shape index (κ1) is 16.0. The molecule has 7 heteroatoms. The Bertz CT molecular complexity index is 456. The van der Waals surface area contributed by atoms with Crippen LogP contribution in [0.2, 0.25) is 0 Å². The average molecular weight is 282 g/mol. The van der Waals surface area contributed by atoms with E-state index in [1.54, 1.807) is 0 Å². The summed E-state index contributed by atoms with van der Waals surface area (Å²) in [5, 5.41) is 18.0. The van der Waals surface area contributed by atoms with Gasteiger partial charge in [-0.25, -0.2) is 4.79 Å². The zero-order chi connectivity index (χ0) is 15.0. The second kappa shape index (κ2) is 8.19. The molecule has 1 aromatic rings. The molecule has 0 spiro atoms. The maximum atomic E-state index is 11.4.